The fourth-order valence-corrected chi connectivity index (χ4v) is 4.82. The predicted octanol–water partition coefficient (Wildman–Crippen LogP) is 5.80. The topological polar surface area (TPSA) is 61.8 Å². The molecular weight excluding hydrogens is 380 g/mol. The molecule has 5 heteroatoms. The van der Waals surface area contributed by atoms with Gasteiger partial charge >= 0.3 is 11.9 Å². The highest BCUT2D eigenvalue weighted by molar-refractivity contribution is 5.93. The maximum atomic E-state index is 11.6. The van der Waals surface area contributed by atoms with Gasteiger partial charge in [0.1, 0.15) is 11.3 Å². The SMILES string of the molecule is CC(=O)Oc1ccccc1C(=O)OC(C)C.CC(C)OC1CC2CCC1(C)C2(C)C. The lowest BCUT2D eigenvalue weighted by molar-refractivity contribution is -0.131. The number of ether oxygens (including phenoxy) is 3. The number of rotatable bonds is 5. The van der Waals surface area contributed by atoms with Crippen LogP contribution in [-0.2, 0) is 14.3 Å². The van der Waals surface area contributed by atoms with E-state index in [1.54, 1.807) is 38.1 Å². The minimum absolute atomic E-state index is 0.210. The minimum atomic E-state index is -0.494. The van der Waals surface area contributed by atoms with Crippen molar-refractivity contribution in [3.8, 4) is 5.75 Å². The number of carbonyl (C=O) groups is 2. The van der Waals surface area contributed by atoms with Crippen molar-refractivity contribution in [2.75, 3.05) is 0 Å². The van der Waals surface area contributed by atoms with E-state index < -0.39 is 11.9 Å². The second kappa shape index (κ2) is 9.51. The molecule has 1 aromatic rings. The Morgan fingerprint density at radius 3 is 2.13 bits per heavy atom. The fraction of sp³-hybridized carbons (Fsp3) is 0.680. The summed E-state index contributed by atoms with van der Waals surface area (Å²) in [5.74, 6) is 0.161. The van der Waals surface area contributed by atoms with E-state index in [2.05, 4.69) is 34.6 Å². The highest BCUT2D eigenvalue weighted by Gasteiger charge is 2.61. The summed E-state index contributed by atoms with van der Waals surface area (Å²) in [6.07, 6.45) is 4.76. The molecule has 30 heavy (non-hydrogen) atoms. The van der Waals surface area contributed by atoms with Gasteiger partial charge in [-0.25, -0.2) is 4.79 Å². The molecule has 0 amide bonds. The first kappa shape index (κ1) is 24.4. The summed E-state index contributed by atoms with van der Waals surface area (Å²) in [6.45, 7) is 16.4. The highest BCUT2D eigenvalue weighted by Crippen LogP contribution is 2.66. The first-order valence-electron chi connectivity index (χ1n) is 11.0. The third-order valence-corrected chi connectivity index (χ3v) is 6.85. The zero-order chi connectivity index (χ0) is 22.7. The normalized spacial score (nSPS) is 26.3. The summed E-state index contributed by atoms with van der Waals surface area (Å²) < 4.78 is 16.0. The van der Waals surface area contributed by atoms with Gasteiger partial charge in [-0.15, -0.1) is 0 Å². The molecule has 0 heterocycles. The third kappa shape index (κ3) is 5.23. The molecule has 2 saturated carbocycles. The zero-order valence-electron chi connectivity index (χ0n) is 19.8. The summed E-state index contributed by atoms with van der Waals surface area (Å²) >= 11 is 0. The van der Waals surface area contributed by atoms with E-state index in [0.29, 0.717) is 23.0 Å². The van der Waals surface area contributed by atoms with Gasteiger partial charge < -0.3 is 14.2 Å². The maximum absolute atomic E-state index is 11.6. The maximum Gasteiger partial charge on any atom is 0.342 e. The molecule has 1 aromatic carbocycles. The summed E-state index contributed by atoms with van der Waals surface area (Å²) in [4.78, 5) is 22.5. The first-order valence-corrected chi connectivity index (χ1v) is 11.0. The molecule has 168 valence electrons. The molecule has 0 aliphatic heterocycles. The van der Waals surface area contributed by atoms with Crippen molar-refractivity contribution in [1.82, 2.24) is 0 Å². The lowest BCUT2D eigenvalue weighted by Gasteiger charge is -2.39. The zero-order valence-corrected chi connectivity index (χ0v) is 19.8. The van der Waals surface area contributed by atoms with Crippen LogP contribution in [0.15, 0.2) is 24.3 Å². The lowest BCUT2D eigenvalue weighted by Crippen LogP contribution is -2.38. The van der Waals surface area contributed by atoms with Gasteiger partial charge in [0.15, 0.2) is 0 Å². The van der Waals surface area contributed by atoms with E-state index >= 15 is 0 Å². The van der Waals surface area contributed by atoms with Crippen LogP contribution in [0.2, 0.25) is 0 Å². The average molecular weight is 419 g/mol. The summed E-state index contributed by atoms with van der Waals surface area (Å²) in [7, 11) is 0. The molecule has 3 unspecified atom stereocenters. The highest BCUT2D eigenvalue weighted by atomic mass is 16.6. The summed E-state index contributed by atoms with van der Waals surface area (Å²) in [6, 6.07) is 6.48. The van der Waals surface area contributed by atoms with Crippen molar-refractivity contribution < 1.29 is 23.8 Å². The summed E-state index contributed by atoms with van der Waals surface area (Å²) in [5.41, 5.74) is 1.18. The molecule has 2 fully saturated rings. The fourth-order valence-electron chi connectivity index (χ4n) is 4.82. The van der Waals surface area contributed by atoms with Crippen molar-refractivity contribution in [1.29, 1.82) is 0 Å². The molecule has 0 N–H and O–H groups in total. The molecule has 2 aliphatic rings. The number of hydrogen-bond acceptors (Lipinski definition) is 5. The Morgan fingerprint density at radius 1 is 1.03 bits per heavy atom. The Hall–Kier alpha value is -1.88. The average Bonchev–Trinajstić information content (AvgIpc) is 2.94. The Balaban J connectivity index is 0.000000215. The number of fused-ring (bicyclic) bond motifs is 2. The van der Waals surface area contributed by atoms with Crippen LogP contribution in [0.1, 0.15) is 85.0 Å². The largest absolute Gasteiger partial charge is 0.459 e. The molecule has 0 saturated heterocycles. The quantitative estimate of drug-likeness (QED) is 0.446. The van der Waals surface area contributed by atoms with Gasteiger partial charge in [0.2, 0.25) is 0 Å². The van der Waals surface area contributed by atoms with E-state index in [-0.39, 0.29) is 17.4 Å². The molecular formula is C25H38O5. The van der Waals surface area contributed by atoms with Crippen LogP contribution in [0.4, 0.5) is 0 Å². The van der Waals surface area contributed by atoms with E-state index in [9.17, 15) is 9.59 Å². The van der Waals surface area contributed by atoms with E-state index in [0.717, 1.165) is 5.92 Å². The Kier molecular flexibility index (Phi) is 7.73. The number of hydrogen-bond donors (Lipinski definition) is 0. The summed E-state index contributed by atoms with van der Waals surface area (Å²) in [5, 5.41) is 0. The van der Waals surface area contributed by atoms with Crippen molar-refractivity contribution in [2.24, 2.45) is 16.7 Å². The smallest absolute Gasteiger partial charge is 0.342 e. The van der Waals surface area contributed by atoms with E-state index in [4.69, 9.17) is 14.2 Å². The number of carbonyl (C=O) groups excluding carboxylic acids is 2. The van der Waals surface area contributed by atoms with Crippen LogP contribution in [0.25, 0.3) is 0 Å². The Morgan fingerprint density at radius 2 is 1.67 bits per heavy atom. The van der Waals surface area contributed by atoms with Gasteiger partial charge in [-0.05, 0) is 75.8 Å². The van der Waals surface area contributed by atoms with Crippen LogP contribution in [-0.4, -0.2) is 30.3 Å². The third-order valence-electron chi connectivity index (χ3n) is 6.85. The van der Waals surface area contributed by atoms with Crippen LogP contribution in [0.5, 0.6) is 5.75 Å². The number of benzene rings is 1. The van der Waals surface area contributed by atoms with Crippen LogP contribution in [0.3, 0.4) is 0 Å². The van der Waals surface area contributed by atoms with Crippen LogP contribution < -0.4 is 4.74 Å². The molecule has 2 bridgehead atoms. The van der Waals surface area contributed by atoms with Crippen molar-refractivity contribution in [2.45, 2.75) is 93.0 Å². The van der Waals surface area contributed by atoms with Crippen molar-refractivity contribution in [3.05, 3.63) is 29.8 Å². The molecule has 3 atom stereocenters. The van der Waals surface area contributed by atoms with Gasteiger partial charge in [0.05, 0.1) is 18.3 Å². The second-order valence-corrected chi connectivity index (χ2v) is 9.83. The first-order chi connectivity index (χ1) is 13.9. The predicted molar refractivity (Wildman–Crippen MR) is 118 cm³/mol. The van der Waals surface area contributed by atoms with Gasteiger partial charge in [-0.1, -0.05) is 32.9 Å². The van der Waals surface area contributed by atoms with Crippen LogP contribution >= 0.6 is 0 Å². The number of para-hydroxylation sites is 1. The molecule has 0 aromatic heterocycles. The van der Waals surface area contributed by atoms with Crippen LogP contribution in [0, 0.1) is 16.7 Å². The molecule has 5 nitrogen and oxygen atoms in total. The standard InChI is InChI=1S/C13H24O.C12H14O4/c1-9(2)14-11-8-10-6-7-13(11,5)12(10,3)4;1-8(2)15-12(14)10-6-4-5-7-11(10)16-9(3)13/h9-11H,6-8H2,1-5H3;4-8H,1-3H3. The van der Waals surface area contributed by atoms with Crippen molar-refractivity contribution >= 4 is 11.9 Å². The lowest BCUT2D eigenvalue weighted by atomic mass is 9.70. The molecule has 0 spiro atoms. The molecule has 0 radical (unpaired) electrons. The van der Waals surface area contributed by atoms with Gasteiger partial charge in [-0.2, -0.15) is 0 Å². The Bertz CT molecular complexity index is 752. The van der Waals surface area contributed by atoms with Gasteiger partial charge in [0.25, 0.3) is 0 Å². The van der Waals surface area contributed by atoms with E-state index in [1.807, 2.05) is 0 Å². The minimum Gasteiger partial charge on any atom is -0.459 e. The molecule has 2 aliphatic carbocycles. The molecule has 3 rings (SSSR count). The van der Waals surface area contributed by atoms with E-state index in [1.165, 1.54) is 26.2 Å². The van der Waals surface area contributed by atoms with Gasteiger partial charge in [0, 0.05) is 6.92 Å². The van der Waals surface area contributed by atoms with Gasteiger partial charge in [-0.3, -0.25) is 4.79 Å². The second-order valence-electron chi connectivity index (χ2n) is 9.83. The Labute approximate surface area is 181 Å². The monoisotopic (exact) mass is 418 g/mol. The van der Waals surface area contributed by atoms with Crippen molar-refractivity contribution in [3.63, 3.8) is 0 Å². The number of esters is 2.